The summed E-state index contributed by atoms with van der Waals surface area (Å²) in [6.07, 6.45) is -3.99. The van der Waals surface area contributed by atoms with E-state index < -0.39 is 36.1 Å². The lowest BCUT2D eigenvalue weighted by Gasteiger charge is -2.34. The number of hydrogen-bond donors (Lipinski definition) is 1. The molecule has 1 aromatic carbocycles. The molecule has 1 heterocycles. The summed E-state index contributed by atoms with van der Waals surface area (Å²) >= 11 is 0. The van der Waals surface area contributed by atoms with Gasteiger partial charge in [-0.3, -0.25) is 9.59 Å². The summed E-state index contributed by atoms with van der Waals surface area (Å²) in [5, 5.41) is 9.09. The fraction of sp³-hybridized carbons (Fsp3) is 0.500. The highest BCUT2D eigenvalue weighted by Crippen LogP contribution is 2.31. The predicted octanol–water partition coefficient (Wildman–Crippen LogP) is 2.65. The van der Waals surface area contributed by atoms with Gasteiger partial charge in [-0.2, -0.15) is 13.2 Å². The molecule has 2 unspecified atom stereocenters. The molecule has 1 aromatic rings. The van der Waals surface area contributed by atoms with Gasteiger partial charge in [0.1, 0.15) is 5.75 Å². The summed E-state index contributed by atoms with van der Waals surface area (Å²) in [6, 6.07) is 4.28. The number of hydrogen-bond acceptors (Lipinski definition) is 3. The molecule has 1 aliphatic heterocycles. The Labute approximate surface area is 137 Å². The largest absolute Gasteiger partial charge is 0.484 e. The number of ether oxygens (including phenoxy) is 1. The lowest BCUT2D eigenvalue weighted by atomic mass is 9.90. The minimum absolute atomic E-state index is 0.0392. The van der Waals surface area contributed by atoms with Gasteiger partial charge in [-0.1, -0.05) is 13.0 Å². The molecule has 1 aliphatic rings. The van der Waals surface area contributed by atoms with Crippen LogP contribution in [0.25, 0.3) is 0 Å². The lowest BCUT2D eigenvalue weighted by molar-refractivity contribution is -0.147. The first-order chi connectivity index (χ1) is 11.2. The van der Waals surface area contributed by atoms with Gasteiger partial charge in [-0.05, 0) is 30.5 Å². The highest BCUT2D eigenvalue weighted by molar-refractivity contribution is 5.79. The van der Waals surface area contributed by atoms with Crippen LogP contribution in [0.2, 0.25) is 0 Å². The molecule has 0 aliphatic carbocycles. The Balaban J connectivity index is 1.97. The van der Waals surface area contributed by atoms with Gasteiger partial charge in [0.05, 0.1) is 11.5 Å². The maximum Gasteiger partial charge on any atom is 0.416 e. The first kappa shape index (κ1) is 18.1. The Bertz CT molecular complexity index is 618. The number of piperidine rings is 1. The number of carboxylic acids is 1. The number of benzene rings is 1. The molecule has 24 heavy (non-hydrogen) atoms. The summed E-state index contributed by atoms with van der Waals surface area (Å²) in [5.74, 6) is -2.05. The number of halogens is 3. The van der Waals surface area contributed by atoms with Crippen LogP contribution >= 0.6 is 0 Å². The van der Waals surface area contributed by atoms with Crippen LogP contribution in [-0.2, 0) is 15.8 Å². The minimum atomic E-state index is -4.49. The Hall–Kier alpha value is -2.25. The van der Waals surface area contributed by atoms with Crippen LogP contribution in [0.4, 0.5) is 13.2 Å². The monoisotopic (exact) mass is 345 g/mol. The van der Waals surface area contributed by atoms with E-state index in [2.05, 4.69) is 0 Å². The predicted molar refractivity (Wildman–Crippen MR) is 78.4 cm³/mol. The molecule has 0 radical (unpaired) electrons. The Morgan fingerprint density at radius 3 is 2.67 bits per heavy atom. The fourth-order valence-corrected chi connectivity index (χ4v) is 2.73. The summed E-state index contributed by atoms with van der Waals surface area (Å²) in [4.78, 5) is 24.6. The molecule has 1 N–H and O–H groups in total. The van der Waals surface area contributed by atoms with E-state index in [0.717, 1.165) is 12.1 Å². The number of likely N-dealkylation sites (tertiary alicyclic amines) is 1. The van der Waals surface area contributed by atoms with Crippen LogP contribution in [0.15, 0.2) is 24.3 Å². The van der Waals surface area contributed by atoms with Gasteiger partial charge >= 0.3 is 12.1 Å². The number of nitrogens with zero attached hydrogens (tertiary/aromatic N) is 1. The molecule has 5 nitrogen and oxygen atoms in total. The second-order valence-corrected chi connectivity index (χ2v) is 5.99. The molecular weight excluding hydrogens is 327 g/mol. The van der Waals surface area contributed by atoms with Crippen molar-refractivity contribution in [2.75, 3.05) is 19.7 Å². The van der Waals surface area contributed by atoms with Gasteiger partial charge in [-0.25, -0.2) is 0 Å². The van der Waals surface area contributed by atoms with Crippen molar-refractivity contribution in [3.63, 3.8) is 0 Å². The van der Waals surface area contributed by atoms with E-state index in [0.29, 0.717) is 13.0 Å². The molecule has 0 aromatic heterocycles. The number of aliphatic carboxylic acids is 1. The number of carboxylic acid groups (broad SMARTS) is 1. The smallest absolute Gasteiger partial charge is 0.416 e. The Kier molecular flexibility index (Phi) is 5.36. The molecule has 2 atom stereocenters. The van der Waals surface area contributed by atoms with Crippen LogP contribution in [0.5, 0.6) is 5.75 Å². The van der Waals surface area contributed by atoms with Crippen molar-refractivity contribution in [2.45, 2.75) is 19.5 Å². The molecule has 0 spiro atoms. The molecule has 0 bridgehead atoms. The van der Waals surface area contributed by atoms with Crippen molar-refractivity contribution in [3.8, 4) is 5.75 Å². The number of carbonyl (C=O) groups is 2. The first-order valence-electron chi connectivity index (χ1n) is 7.47. The van der Waals surface area contributed by atoms with E-state index in [-0.39, 0.29) is 18.2 Å². The number of rotatable bonds is 4. The molecule has 1 saturated heterocycles. The summed E-state index contributed by atoms with van der Waals surface area (Å²) < 4.78 is 43.0. The zero-order valence-corrected chi connectivity index (χ0v) is 13.0. The minimum Gasteiger partial charge on any atom is -0.484 e. The quantitative estimate of drug-likeness (QED) is 0.911. The Morgan fingerprint density at radius 1 is 1.33 bits per heavy atom. The van der Waals surface area contributed by atoms with Crippen molar-refractivity contribution < 1.29 is 32.6 Å². The van der Waals surface area contributed by atoms with E-state index in [1.54, 1.807) is 0 Å². The van der Waals surface area contributed by atoms with Crippen LogP contribution in [0.1, 0.15) is 18.9 Å². The first-order valence-corrected chi connectivity index (χ1v) is 7.47. The van der Waals surface area contributed by atoms with Gasteiger partial charge in [-0.15, -0.1) is 0 Å². The fourth-order valence-electron chi connectivity index (χ4n) is 2.73. The van der Waals surface area contributed by atoms with Crippen LogP contribution in [0.3, 0.4) is 0 Å². The van der Waals surface area contributed by atoms with Crippen molar-refractivity contribution in [1.82, 2.24) is 4.90 Å². The van der Waals surface area contributed by atoms with E-state index in [4.69, 9.17) is 9.84 Å². The number of amides is 1. The van der Waals surface area contributed by atoms with Crippen molar-refractivity contribution >= 4 is 11.9 Å². The molecule has 2 rings (SSSR count). The van der Waals surface area contributed by atoms with Crippen LogP contribution in [-0.4, -0.2) is 41.6 Å². The summed E-state index contributed by atoms with van der Waals surface area (Å²) in [7, 11) is 0. The van der Waals surface area contributed by atoms with Crippen molar-refractivity contribution in [3.05, 3.63) is 29.8 Å². The average Bonchev–Trinajstić information content (AvgIpc) is 2.51. The molecule has 0 saturated carbocycles. The standard InChI is InChI=1S/C16H18F3NO4/c1-10-5-11(15(22)23)8-20(7-10)14(21)9-24-13-4-2-3-12(6-13)16(17,18)19/h2-4,6,10-11H,5,7-9H2,1H3,(H,22,23). The van der Waals surface area contributed by atoms with Gasteiger partial charge < -0.3 is 14.7 Å². The third kappa shape index (κ3) is 4.62. The molecular formula is C16H18F3NO4. The third-order valence-electron chi connectivity index (χ3n) is 3.89. The normalized spacial score (nSPS) is 21.4. The topological polar surface area (TPSA) is 66.8 Å². The van der Waals surface area contributed by atoms with Crippen LogP contribution < -0.4 is 4.74 Å². The highest BCUT2D eigenvalue weighted by Gasteiger charge is 2.32. The molecule has 1 fully saturated rings. The Morgan fingerprint density at radius 2 is 2.04 bits per heavy atom. The van der Waals surface area contributed by atoms with Gasteiger partial charge in [0, 0.05) is 13.1 Å². The molecule has 8 heteroatoms. The maximum absolute atomic E-state index is 12.6. The number of carbonyl (C=O) groups excluding carboxylic acids is 1. The zero-order chi connectivity index (χ0) is 17.9. The maximum atomic E-state index is 12.6. The van der Waals surface area contributed by atoms with Crippen molar-refractivity contribution in [2.24, 2.45) is 11.8 Å². The second kappa shape index (κ2) is 7.11. The van der Waals surface area contributed by atoms with E-state index in [9.17, 15) is 22.8 Å². The third-order valence-corrected chi connectivity index (χ3v) is 3.89. The number of alkyl halides is 3. The van der Waals surface area contributed by atoms with E-state index in [1.807, 2.05) is 6.92 Å². The van der Waals surface area contributed by atoms with Crippen LogP contribution in [0, 0.1) is 11.8 Å². The lowest BCUT2D eigenvalue weighted by Crippen LogP contribution is -2.47. The van der Waals surface area contributed by atoms with Gasteiger partial charge in [0.2, 0.25) is 0 Å². The average molecular weight is 345 g/mol. The molecule has 132 valence electrons. The van der Waals surface area contributed by atoms with Crippen molar-refractivity contribution in [1.29, 1.82) is 0 Å². The van der Waals surface area contributed by atoms with Gasteiger partial charge in [0.25, 0.3) is 5.91 Å². The molecule has 1 amide bonds. The van der Waals surface area contributed by atoms with E-state index >= 15 is 0 Å². The summed E-state index contributed by atoms with van der Waals surface area (Å²) in [5.41, 5.74) is -0.856. The van der Waals surface area contributed by atoms with Gasteiger partial charge in [0.15, 0.2) is 6.61 Å². The highest BCUT2D eigenvalue weighted by atomic mass is 19.4. The SMILES string of the molecule is CC1CC(C(=O)O)CN(C(=O)COc2cccc(C(F)(F)F)c2)C1. The van der Waals surface area contributed by atoms with E-state index in [1.165, 1.54) is 17.0 Å². The zero-order valence-electron chi connectivity index (χ0n) is 13.0. The summed E-state index contributed by atoms with van der Waals surface area (Å²) in [6.45, 7) is 1.92. The second-order valence-electron chi connectivity index (χ2n) is 5.99.